The van der Waals surface area contributed by atoms with Gasteiger partial charge in [-0.1, -0.05) is 20.3 Å². The summed E-state index contributed by atoms with van der Waals surface area (Å²) in [5.74, 6) is -10.7. The van der Waals surface area contributed by atoms with Crippen LogP contribution in [0, 0.1) is 5.92 Å². The number of nitrogens with zero attached hydrogens (tertiary/aromatic N) is 1. The molecule has 15 N–H and O–H groups in total. The lowest BCUT2D eigenvalue weighted by Crippen LogP contribution is -2.61. The second-order valence-electron chi connectivity index (χ2n) is 11.7. The number of aliphatic hydroxyl groups is 1. The predicted octanol–water partition coefficient (Wildman–Crippen LogP) is -6.89. The van der Waals surface area contributed by atoms with Gasteiger partial charge in [-0.2, -0.15) is 0 Å². The Bertz CT molecular complexity index is 1330. The Kier molecular flexibility index (Phi) is 17.2. The molecule has 50 heavy (non-hydrogen) atoms. The largest absolute Gasteiger partial charge is 0.480 e. The van der Waals surface area contributed by atoms with Crippen molar-refractivity contribution in [3.63, 3.8) is 0 Å². The zero-order valence-corrected chi connectivity index (χ0v) is 27.6. The Morgan fingerprint density at radius 2 is 1.32 bits per heavy atom. The number of nitrogens with one attached hydrogen (secondary N) is 5. The van der Waals surface area contributed by atoms with E-state index in [4.69, 9.17) is 28.0 Å². The highest BCUT2D eigenvalue weighted by Gasteiger charge is 2.40. The molecule has 1 fully saturated rings. The summed E-state index contributed by atoms with van der Waals surface area (Å²) in [6.07, 6.45) is -1.27. The van der Waals surface area contributed by atoms with Crippen LogP contribution in [0.1, 0.15) is 52.4 Å². The second kappa shape index (κ2) is 20.2. The maximum atomic E-state index is 13.7. The summed E-state index contributed by atoms with van der Waals surface area (Å²) in [5, 5.41) is 29.7. The fourth-order valence-electron chi connectivity index (χ4n) is 4.87. The summed E-state index contributed by atoms with van der Waals surface area (Å²) >= 11 is 0. The molecule has 9 amide bonds. The van der Waals surface area contributed by atoms with Gasteiger partial charge < -0.3 is 64.6 Å². The van der Waals surface area contributed by atoms with Gasteiger partial charge in [0.1, 0.15) is 36.8 Å². The van der Waals surface area contributed by atoms with Crippen LogP contribution in [0.15, 0.2) is 0 Å². The number of carboxylic acid groups (broad SMARTS) is 1. The molecule has 1 saturated heterocycles. The molecule has 0 saturated carbocycles. The number of carbonyl (C=O) groups is 10. The lowest BCUT2D eigenvalue weighted by atomic mass is 9.97. The van der Waals surface area contributed by atoms with Crippen LogP contribution >= 0.6 is 0 Å². The molecule has 0 aromatic rings. The van der Waals surface area contributed by atoms with E-state index < -0.39 is 134 Å². The summed E-state index contributed by atoms with van der Waals surface area (Å²) in [6, 6.07) is -8.89. The van der Waals surface area contributed by atoms with Gasteiger partial charge in [-0.15, -0.1) is 0 Å². The third-order valence-electron chi connectivity index (χ3n) is 7.68. The molecule has 0 spiro atoms. The van der Waals surface area contributed by atoms with Crippen LogP contribution < -0.4 is 49.5 Å². The lowest BCUT2D eigenvalue weighted by Gasteiger charge is -2.31. The highest BCUT2D eigenvalue weighted by molar-refractivity contribution is 5.99. The van der Waals surface area contributed by atoms with Crippen molar-refractivity contribution in [3.8, 4) is 0 Å². The molecule has 280 valence electrons. The van der Waals surface area contributed by atoms with Crippen molar-refractivity contribution in [2.75, 3.05) is 19.7 Å². The monoisotopic (exact) mass is 714 g/mol. The molecule has 0 bridgehead atoms. The van der Waals surface area contributed by atoms with E-state index in [9.17, 15) is 53.1 Å². The van der Waals surface area contributed by atoms with Crippen LogP contribution in [0.25, 0.3) is 0 Å². The maximum absolute atomic E-state index is 13.7. The topological polar surface area (TPSA) is 379 Å². The van der Waals surface area contributed by atoms with E-state index in [1.165, 1.54) is 0 Å². The molecule has 0 radical (unpaired) electrons. The van der Waals surface area contributed by atoms with Gasteiger partial charge in [0.15, 0.2) is 0 Å². The number of carbonyl (C=O) groups excluding carboxylic acids is 9. The number of nitrogens with two attached hydrogens (primary N) is 4. The molecule has 7 atom stereocenters. The zero-order valence-electron chi connectivity index (χ0n) is 27.6. The Balaban J connectivity index is 3.15. The van der Waals surface area contributed by atoms with Crippen molar-refractivity contribution in [2.24, 2.45) is 28.9 Å². The molecular formula is C28H46N10O12. The predicted molar refractivity (Wildman–Crippen MR) is 169 cm³/mol. The van der Waals surface area contributed by atoms with Gasteiger partial charge in [0, 0.05) is 6.54 Å². The number of hydrogen-bond donors (Lipinski definition) is 11. The number of likely N-dealkylation sites (tertiary alicyclic amines) is 1. The van der Waals surface area contributed by atoms with Gasteiger partial charge in [0.2, 0.25) is 53.2 Å². The second-order valence-corrected chi connectivity index (χ2v) is 11.7. The number of hydrogen-bond acceptors (Lipinski definition) is 12. The maximum Gasteiger partial charge on any atom is 0.322 e. The van der Waals surface area contributed by atoms with Gasteiger partial charge in [-0.3, -0.25) is 47.9 Å². The Morgan fingerprint density at radius 1 is 0.760 bits per heavy atom. The molecule has 1 heterocycles. The van der Waals surface area contributed by atoms with E-state index in [2.05, 4.69) is 21.3 Å². The summed E-state index contributed by atoms with van der Waals surface area (Å²) in [5.41, 5.74) is 21.2. The number of carboxylic acids is 1. The smallest absolute Gasteiger partial charge is 0.322 e. The summed E-state index contributed by atoms with van der Waals surface area (Å²) in [4.78, 5) is 124. The fourth-order valence-corrected chi connectivity index (χ4v) is 4.87. The van der Waals surface area contributed by atoms with E-state index in [0.29, 0.717) is 6.42 Å². The number of rotatable bonds is 21. The van der Waals surface area contributed by atoms with Gasteiger partial charge in [-0.25, -0.2) is 0 Å². The van der Waals surface area contributed by atoms with Crippen LogP contribution in [0.4, 0.5) is 0 Å². The molecule has 1 aliphatic rings. The Labute approximate surface area is 286 Å². The average Bonchev–Trinajstić information content (AvgIpc) is 3.52. The first-order chi connectivity index (χ1) is 23.3. The molecule has 22 nitrogen and oxygen atoms in total. The van der Waals surface area contributed by atoms with E-state index in [1.807, 2.05) is 5.32 Å². The van der Waals surface area contributed by atoms with Gasteiger partial charge >= 0.3 is 5.97 Å². The quantitative estimate of drug-likeness (QED) is 0.0527. The van der Waals surface area contributed by atoms with Crippen LogP contribution in [0.3, 0.4) is 0 Å². The van der Waals surface area contributed by atoms with Gasteiger partial charge in [0.05, 0.1) is 31.9 Å². The molecule has 1 aliphatic heterocycles. The number of aliphatic hydroxyl groups excluding tert-OH is 1. The summed E-state index contributed by atoms with van der Waals surface area (Å²) in [7, 11) is 0. The van der Waals surface area contributed by atoms with Crippen LogP contribution in [-0.2, 0) is 47.9 Å². The normalized spacial score (nSPS) is 17.4. The van der Waals surface area contributed by atoms with E-state index in [0.717, 1.165) is 4.90 Å². The first-order valence-corrected chi connectivity index (χ1v) is 15.6. The number of amides is 9. The molecule has 1 rings (SSSR count). The molecule has 0 aromatic carbocycles. The third-order valence-corrected chi connectivity index (χ3v) is 7.68. The highest BCUT2D eigenvalue weighted by atomic mass is 16.4. The van der Waals surface area contributed by atoms with E-state index >= 15 is 0 Å². The molecular weight excluding hydrogens is 668 g/mol. The SMILES string of the molecule is CC[C@H](C)[C@H](NC(=O)[C@@H](N)CC(N)=O)C(=O)N[C@@H](CC(N)=O)C(=O)N1CCC[C@H]1C(=O)N[C@@H](CO)C(=O)N[C@@H](CC(N)=O)C(=O)NCC(=O)O. The first kappa shape index (κ1) is 42.6. The molecule has 0 aliphatic carbocycles. The minimum atomic E-state index is -1.72. The molecule has 22 heteroatoms. The van der Waals surface area contributed by atoms with Crippen molar-refractivity contribution in [2.45, 2.75) is 88.6 Å². The van der Waals surface area contributed by atoms with Crippen molar-refractivity contribution in [3.05, 3.63) is 0 Å². The van der Waals surface area contributed by atoms with E-state index in [-0.39, 0.29) is 19.4 Å². The van der Waals surface area contributed by atoms with Crippen molar-refractivity contribution < 1.29 is 58.2 Å². The zero-order chi connectivity index (χ0) is 38.3. The Morgan fingerprint density at radius 3 is 1.84 bits per heavy atom. The molecule has 0 unspecified atom stereocenters. The van der Waals surface area contributed by atoms with Crippen molar-refractivity contribution in [1.82, 2.24) is 31.5 Å². The van der Waals surface area contributed by atoms with Crippen molar-refractivity contribution in [1.29, 1.82) is 0 Å². The number of primary amides is 3. The fraction of sp³-hybridized carbons (Fsp3) is 0.643. The molecule has 0 aromatic heterocycles. The van der Waals surface area contributed by atoms with Crippen molar-refractivity contribution >= 4 is 59.1 Å². The average molecular weight is 715 g/mol. The minimum Gasteiger partial charge on any atom is -0.480 e. The first-order valence-electron chi connectivity index (χ1n) is 15.6. The minimum absolute atomic E-state index is 0.0318. The Hall–Kier alpha value is -5.38. The number of aliphatic carboxylic acids is 1. The van der Waals surface area contributed by atoms with Crippen LogP contribution in [-0.4, -0.2) is 130 Å². The highest BCUT2D eigenvalue weighted by Crippen LogP contribution is 2.20. The summed E-state index contributed by atoms with van der Waals surface area (Å²) in [6.45, 7) is 1.44. The summed E-state index contributed by atoms with van der Waals surface area (Å²) < 4.78 is 0. The van der Waals surface area contributed by atoms with Gasteiger partial charge in [-0.05, 0) is 18.8 Å². The standard InChI is InChI=1S/C28H46N10O12/c1-3-12(2)22(37-23(45)13(29)7-18(30)40)27(49)35-15(9-20(32)42)28(50)38-6-4-5-17(38)26(48)36-16(11-39)25(47)34-14(8-19(31)41)24(46)33-10-21(43)44/h12-17,22,39H,3-11,29H2,1-2H3,(H2,30,40)(H2,31,41)(H2,32,42)(H,33,46)(H,34,47)(H,35,49)(H,36,48)(H,37,45)(H,43,44)/t12-,13-,14-,15-,16-,17-,22-/m0/s1. The van der Waals surface area contributed by atoms with Crippen LogP contribution in [0.2, 0.25) is 0 Å². The lowest BCUT2D eigenvalue weighted by molar-refractivity contribution is -0.144. The third kappa shape index (κ3) is 13.6. The van der Waals surface area contributed by atoms with Gasteiger partial charge in [0.25, 0.3) is 0 Å². The van der Waals surface area contributed by atoms with Crippen LogP contribution in [0.5, 0.6) is 0 Å². The van der Waals surface area contributed by atoms with E-state index in [1.54, 1.807) is 13.8 Å².